The number of aromatic nitrogens is 2. The van der Waals surface area contributed by atoms with E-state index in [2.05, 4.69) is 41.7 Å². The molecule has 0 amide bonds. The fourth-order valence-electron chi connectivity index (χ4n) is 2.89. The van der Waals surface area contributed by atoms with E-state index in [1.54, 1.807) is 6.26 Å². The van der Waals surface area contributed by atoms with Gasteiger partial charge < -0.3 is 15.1 Å². The lowest BCUT2D eigenvalue weighted by atomic mass is 10.1. The Bertz CT molecular complexity index is 872. The minimum atomic E-state index is 0. The fraction of sp³-hybridized carbons (Fsp3) is 0.364. The molecule has 2 aromatic heterocycles. The molecule has 1 aromatic carbocycles. The second kappa shape index (κ2) is 11.6. The van der Waals surface area contributed by atoms with E-state index in [1.807, 2.05) is 48.3 Å². The minimum Gasteiger partial charge on any atom is -0.469 e. The van der Waals surface area contributed by atoms with Crippen LogP contribution in [0.5, 0.6) is 0 Å². The number of rotatable bonds is 8. The smallest absolute Gasteiger partial charge is 0.191 e. The largest absolute Gasteiger partial charge is 0.469 e. The Labute approximate surface area is 189 Å². The van der Waals surface area contributed by atoms with Crippen molar-refractivity contribution in [2.24, 2.45) is 18.0 Å². The van der Waals surface area contributed by atoms with Gasteiger partial charge in [-0.2, -0.15) is 5.10 Å². The first kappa shape index (κ1) is 23.0. The standard InChI is InChI=1S/C22H29N5O.HI/c1-17(2)14-24-22(23-12-11-20-10-7-13-28-20)25-15-19-16-27(3)26-21(19)18-8-5-4-6-9-18;/h4-10,13,16-17H,11-12,14-15H2,1-3H3,(H2,23,24,25);1H. The van der Waals surface area contributed by atoms with Gasteiger partial charge in [0.05, 0.1) is 18.5 Å². The number of hydrogen-bond acceptors (Lipinski definition) is 3. The highest BCUT2D eigenvalue weighted by Crippen LogP contribution is 2.22. The molecule has 156 valence electrons. The molecule has 0 aliphatic rings. The summed E-state index contributed by atoms with van der Waals surface area (Å²) < 4.78 is 7.24. The molecule has 0 atom stereocenters. The Kier molecular flexibility index (Phi) is 9.24. The number of hydrogen-bond donors (Lipinski definition) is 2. The Morgan fingerprint density at radius 1 is 1.14 bits per heavy atom. The second-order valence-corrected chi connectivity index (χ2v) is 7.24. The summed E-state index contributed by atoms with van der Waals surface area (Å²) in [6, 6.07) is 14.1. The molecule has 2 N–H and O–H groups in total. The topological polar surface area (TPSA) is 67.4 Å². The zero-order valence-corrected chi connectivity index (χ0v) is 19.6. The van der Waals surface area contributed by atoms with Gasteiger partial charge in [0.2, 0.25) is 0 Å². The third-order valence-corrected chi connectivity index (χ3v) is 4.28. The van der Waals surface area contributed by atoms with Crippen LogP contribution in [0, 0.1) is 5.92 Å². The fourth-order valence-corrected chi connectivity index (χ4v) is 2.89. The Morgan fingerprint density at radius 3 is 2.62 bits per heavy atom. The molecule has 6 nitrogen and oxygen atoms in total. The van der Waals surface area contributed by atoms with Gasteiger partial charge in [-0.3, -0.25) is 4.68 Å². The van der Waals surface area contributed by atoms with E-state index >= 15 is 0 Å². The first-order chi connectivity index (χ1) is 13.6. The van der Waals surface area contributed by atoms with Crippen LogP contribution in [0.25, 0.3) is 11.3 Å². The van der Waals surface area contributed by atoms with E-state index in [-0.39, 0.29) is 24.0 Å². The van der Waals surface area contributed by atoms with Crippen LogP contribution in [-0.4, -0.2) is 28.8 Å². The zero-order valence-electron chi connectivity index (χ0n) is 17.3. The molecule has 3 rings (SSSR count). The maximum Gasteiger partial charge on any atom is 0.191 e. The lowest BCUT2D eigenvalue weighted by Gasteiger charge is -2.14. The van der Waals surface area contributed by atoms with Gasteiger partial charge in [-0.1, -0.05) is 44.2 Å². The Morgan fingerprint density at radius 2 is 1.93 bits per heavy atom. The Balaban J connectivity index is 0.00000300. The van der Waals surface area contributed by atoms with Crippen LogP contribution in [0.4, 0.5) is 0 Å². The maximum absolute atomic E-state index is 5.40. The molecular formula is C22H30IN5O. The SMILES string of the molecule is CC(C)CNC(=NCc1cn(C)nc1-c1ccccc1)NCCc1ccco1.I. The van der Waals surface area contributed by atoms with Gasteiger partial charge in [-0.25, -0.2) is 4.99 Å². The van der Waals surface area contributed by atoms with Crippen molar-refractivity contribution in [2.45, 2.75) is 26.8 Å². The molecule has 0 aliphatic carbocycles. The molecule has 0 saturated carbocycles. The monoisotopic (exact) mass is 507 g/mol. The normalized spacial score (nSPS) is 11.4. The van der Waals surface area contributed by atoms with Crippen molar-refractivity contribution in [3.8, 4) is 11.3 Å². The number of aliphatic imine (C=N–C) groups is 1. The van der Waals surface area contributed by atoms with E-state index in [0.717, 1.165) is 48.1 Å². The van der Waals surface area contributed by atoms with Gasteiger partial charge in [0.1, 0.15) is 5.76 Å². The van der Waals surface area contributed by atoms with E-state index in [4.69, 9.17) is 9.41 Å². The summed E-state index contributed by atoms with van der Waals surface area (Å²) in [4.78, 5) is 4.79. The molecule has 0 radical (unpaired) electrons. The number of nitrogens with one attached hydrogen (secondary N) is 2. The molecule has 0 aliphatic heterocycles. The summed E-state index contributed by atoms with van der Waals surface area (Å²) >= 11 is 0. The number of nitrogens with zero attached hydrogens (tertiary/aromatic N) is 3. The predicted octanol–water partition coefficient (Wildman–Crippen LogP) is 4.23. The first-order valence-electron chi connectivity index (χ1n) is 9.74. The third kappa shape index (κ3) is 7.23. The number of furan rings is 1. The van der Waals surface area contributed by atoms with Gasteiger partial charge >= 0.3 is 0 Å². The van der Waals surface area contributed by atoms with Crippen molar-refractivity contribution in [2.75, 3.05) is 13.1 Å². The van der Waals surface area contributed by atoms with Gasteiger partial charge in [-0.05, 0) is 18.1 Å². The number of aryl methyl sites for hydroxylation is 1. The van der Waals surface area contributed by atoms with Crippen LogP contribution in [0.1, 0.15) is 25.2 Å². The van der Waals surface area contributed by atoms with Gasteiger partial charge in [-0.15, -0.1) is 24.0 Å². The minimum absolute atomic E-state index is 0. The summed E-state index contributed by atoms with van der Waals surface area (Å²) in [5, 5.41) is 11.4. The lowest BCUT2D eigenvalue weighted by molar-refractivity contribution is 0.506. The average Bonchev–Trinajstić information content (AvgIpc) is 3.33. The predicted molar refractivity (Wildman–Crippen MR) is 128 cm³/mol. The molecule has 3 aromatic rings. The summed E-state index contributed by atoms with van der Waals surface area (Å²) in [5.41, 5.74) is 3.19. The highest BCUT2D eigenvalue weighted by molar-refractivity contribution is 14.0. The van der Waals surface area contributed by atoms with Crippen molar-refractivity contribution in [3.63, 3.8) is 0 Å². The van der Waals surface area contributed by atoms with Crippen LogP contribution in [0.2, 0.25) is 0 Å². The number of halogens is 1. The summed E-state index contributed by atoms with van der Waals surface area (Å²) in [5.74, 6) is 2.31. The zero-order chi connectivity index (χ0) is 19.8. The lowest BCUT2D eigenvalue weighted by Crippen LogP contribution is -2.40. The van der Waals surface area contributed by atoms with E-state index < -0.39 is 0 Å². The molecule has 7 heteroatoms. The van der Waals surface area contributed by atoms with E-state index in [0.29, 0.717) is 12.5 Å². The third-order valence-electron chi connectivity index (χ3n) is 4.28. The van der Waals surface area contributed by atoms with Crippen molar-refractivity contribution in [3.05, 3.63) is 66.2 Å². The molecule has 0 saturated heterocycles. The summed E-state index contributed by atoms with van der Waals surface area (Å²) in [7, 11) is 1.94. The van der Waals surface area contributed by atoms with Crippen molar-refractivity contribution >= 4 is 29.9 Å². The van der Waals surface area contributed by atoms with Gasteiger partial charge in [0.25, 0.3) is 0 Å². The van der Waals surface area contributed by atoms with E-state index in [1.165, 1.54) is 0 Å². The number of benzene rings is 1. The van der Waals surface area contributed by atoms with Crippen LogP contribution < -0.4 is 10.6 Å². The first-order valence-corrected chi connectivity index (χ1v) is 9.74. The Hall–Kier alpha value is -2.29. The van der Waals surface area contributed by atoms with Gasteiger partial charge in [0, 0.05) is 43.9 Å². The molecule has 0 bridgehead atoms. The highest BCUT2D eigenvalue weighted by atomic mass is 127. The van der Waals surface area contributed by atoms with Crippen LogP contribution in [-0.2, 0) is 20.0 Å². The molecule has 29 heavy (non-hydrogen) atoms. The average molecular weight is 507 g/mol. The quantitative estimate of drug-likeness (QED) is 0.272. The highest BCUT2D eigenvalue weighted by Gasteiger charge is 2.10. The van der Waals surface area contributed by atoms with E-state index in [9.17, 15) is 0 Å². The summed E-state index contributed by atoms with van der Waals surface area (Å²) in [6.45, 7) is 6.55. The molecule has 0 fully saturated rings. The van der Waals surface area contributed by atoms with Crippen LogP contribution in [0.15, 0.2) is 64.3 Å². The van der Waals surface area contributed by atoms with Crippen molar-refractivity contribution < 1.29 is 4.42 Å². The summed E-state index contributed by atoms with van der Waals surface area (Å²) in [6.07, 6.45) is 4.56. The number of guanidine groups is 1. The molecule has 0 unspecified atom stereocenters. The molecule has 0 spiro atoms. The molecular weight excluding hydrogens is 477 g/mol. The van der Waals surface area contributed by atoms with Crippen LogP contribution >= 0.6 is 24.0 Å². The molecule has 2 heterocycles. The second-order valence-electron chi connectivity index (χ2n) is 7.24. The van der Waals surface area contributed by atoms with Gasteiger partial charge in [0.15, 0.2) is 5.96 Å². The van der Waals surface area contributed by atoms with Crippen molar-refractivity contribution in [1.29, 1.82) is 0 Å². The maximum atomic E-state index is 5.40. The van der Waals surface area contributed by atoms with Crippen LogP contribution in [0.3, 0.4) is 0 Å². The van der Waals surface area contributed by atoms with Crippen molar-refractivity contribution in [1.82, 2.24) is 20.4 Å².